The van der Waals surface area contributed by atoms with Crippen LogP contribution in [0, 0.1) is 0 Å². The molecule has 0 bridgehead atoms. The Morgan fingerprint density at radius 3 is 2.53 bits per heavy atom. The molecule has 0 spiro atoms. The predicted octanol–water partition coefficient (Wildman–Crippen LogP) is 4.19. The summed E-state index contributed by atoms with van der Waals surface area (Å²) in [5, 5.41) is 5.30. The van der Waals surface area contributed by atoms with E-state index >= 15 is 0 Å². The fourth-order valence-electron chi connectivity index (χ4n) is 2.81. The number of hydrogen-bond acceptors (Lipinski definition) is 6. The molecule has 2 aromatic heterocycles. The van der Waals surface area contributed by atoms with Gasteiger partial charge in [0.1, 0.15) is 0 Å². The van der Waals surface area contributed by atoms with Crippen LogP contribution < -0.4 is 19.6 Å². The zero-order chi connectivity index (χ0) is 21.3. The SMILES string of the molecule is COc1ccc(/C=C/c2nc3s/c(=C\c4ccc(Cl)cc4Cl)c(=O)n3n2)cc1OC. The number of thiazole rings is 1. The number of nitrogens with zero attached hydrogens (tertiary/aromatic N) is 3. The summed E-state index contributed by atoms with van der Waals surface area (Å²) in [6.07, 6.45) is 5.29. The van der Waals surface area contributed by atoms with Crippen molar-refractivity contribution in [1.29, 1.82) is 0 Å². The zero-order valence-corrected chi connectivity index (χ0v) is 18.3. The number of halogens is 2. The number of methoxy groups -OCH3 is 2. The van der Waals surface area contributed by atoms with Gasteiger partial charge in [-0.2, -0.15) is 9.50 Å². The molecule has 30 heavy (non-hydrogen) atoms. The van der Waals surface area contributed by atoms with Gasteiger partial charge in [0.2, 0.25) is 4.96 Å². The summed E-state index contributed by atoms with van der Waals surface area (Å²) in [5.41, 5.74) is 1.34. The van der Waals surface area contributed by atoms with Crippen LogP contribution >= 0.6 is 34.5 Å². The van der Waals surface area contributed by atoms with E-state index in [0.29, 0.717) is 42.4 Å². The Balaban J connectivity index is 1.65. The molecule has 6 nitrogen and oxygen atoms in total. The Labute approximate surface area is 185 Å². The van der Waals surface area contributed by atoms with Crippen LogP contribution in [0.25, 0.3) is 23.2 Å². The average molecular weight is 460 g/mol. The van der Waals surface area contributed by atoms with Gasteiger partial charge in [0.25, 0.3) is 5.56 Å². The fourth-order valence-corrected chi connectivity index (χ4v) is 4.18. The molecular weight excluding hydrogens is 445 g/mol. The first-order valence-electron chi connectivity index (χ1n) is 8.75. The van der Waals surface area contributed by atoms with E-state index in [1.807, 2.05) is 24.3 Å². The molecule has 0 unspecified atom stereocenters. The number of rotatable bonds is 5. The van der Waals surface area contributed by atoms with Crippen molar-refractivity contribution in [3.05, 3.63) is 78.3 Å². The molecule has 0 atom stereocenters. The number of fused-ring (bicyclic) bond motifs is 1. The first kappa shape index (κ1) is 20.4. The highest BCUT2D eigenvalue weighted by atomic mass is 35.5. The van der Waals surface area contributed by atoms with Crippen molar-refractivity contribution in [3.8, 4) is 11.5 Å². The van der Waals surface area contributed by atoms with Gasteiger partial charge in [-0.1, -0.05) is 52.7 Å². The van der Waals surface area contributed by atoms with Crippen molar-refractivity contribution in [2.24, 2.45) is 0 Å². The Hall–Kier alpha value is -2.87. The maximum Gasteiger partial charge on any atom is 0.291 e. The largest absolute Gasteiger partial charge is 0.493 e. The lowest BCUT2D eigenvalue weighted by Gasteiger charge is -2.07. The van der Waals surface area contributed by atoms with Gasteiger partial charge >= 0.3 is 0 Å². The summed E-state index contributed by atoms with van der Waals surface area (Å²) in [5.74, 6) is 1.71. The summed E-state index contributed by atoms with van der Waals surface area (Å²) in [6.45, 7) is 0. The van der Waals surface area contributed by atoms with Crippen LogP contribution in [0.15, 0.2) is 41.2 Å². The molecule has 2 aromatic carbocycles. The molecule has 9 heteroatoms. The molecule has 4 rings (SSSR count). The smallest absolute Gasteiger partial charge is 0.291 e. The van der Waals surface area contributed by atoms with Gasteiger partial charge < -0.3 is 9.47 Å². The number of benzene rings is 2. The van der Waals surface area contributed by atoms with Gasteiger partial charge in [-0.25, -0.2) is 0 Å². The van der Waals surface area contributed by atoms with Gasteiger partial charge in [0.15, 0.2) is 17.3 Å². The van der Waals surface area contributed by atoms with Gasteiger partial charge in [-0.15, -0.1) is 5.10 Å². The van der Waals surface area contributed by atoms with E-state index in [0.717, 1.165) is 5.56 Å². The lowest BCUT2D eigenvalue weighted by molar-refractivity contribution is 0.355. The number of hydrogen-bond donors (Lipinski definition) is 0. The van der Waals surface area contributed by atoms with Crippen LogP contribution in [-0.4, -0.2) is 28.8 Å². The van der Waals surface area contributed by atoms with Crippen LogP contribution in [0.1, 0.15) is 17.0 Å². The number of ether oxygens (including phenoxy) is 2. The van der Waals surface area contributed by atoms with Gasteiger partial charge in [0.05, 0.1) is 18.8 Å². The second-order valence-electron chi connectivity index (χ2n) is 6.19. The first-order valence-corrected chi connectivity index (χ1v) is 10.3. The van der Waals surface area contributed by atoms with Crippen molar-refractivity contribution in [2.45, 2.75) is 0 Å². The van der Waals surface area contributed by atoms with Crippen molar-refractivity contribution >= 4 is 57.7 Å². The zero-order valence-electron chi connectivity index (χ0n) is 15.9. The van der Waals surface area contributed by atoms with Crippen molar-refractivity contribution in [1.82, 2.24) is 14.6 Å². The topological polar surface area (TPSA) is 65.7 Å². The molecule has 0 saturated carbocycles. The number of aromatic nitrogens is 3. The summed E-state index contributed by atoms with van der Waals surface area (Å²) in [6, 6.07) is 10.7. The van der Waals surface area contributed by atoms with Crippen molar-refractivity contribution in [2.75, 3.05) is 14.2 Å². The molecule has 0 aliphatic heterocycles. The molecule has 0 radical (unpaired) electrons. The summed E-state index contributed by atoms with van der Waals surface area (Å²) < 4.78 is 12.3. The summed E-state index contributed by atoms with van der Waals surface area (Å²) >= 11 is 13.4. The van der Waals surface area contributed by atoms with Crippen LogP contribution in [0.4, 0.5) is 0 Å². The van der Waals surface area contributed by atoms with Crippen LogP contribution in [0.5, 0.6) is 11.5 Å². The van der Waals surface area contributed by atoms with E-state index in [1.54, 1.807) is 44.6 Å². The summed E-state index contributed by atoms with van der Waals surface area (Å²) in [7, 11) is 3.17. The average Bonchev–Trinajstić information content (AvgIpc) is 3.27. The second kappa shape index (κ2) is 8.47. The van der Waals surface area contributed by atoms with Gasteiger partial charge in [-0.3, -0.25) is 4.79 Å². The van der Waals surface area contributed by atoms with E-state index in [9.17, 15) is 4.79 Å². The third-order valence-electron chi connectivity index (χ3n) is 4.28. The first-order chi connectivity index (χ1) is 14.5. The lowest BCUT2D eigenvalue weighted by Crippen LogP contribution is -2.23. The van der Waals surface area contributed by atoms with E-state index in [4.69, 9.17) is 32.7 Å². The molecule has 0 aliphatic rings. The fraction of sp³-hybridized carbons (Fsp3) is 0.0952. The Morgan fingerprint density at radius 2 is 1.83 bits per heavy atom. The highest BCUT2D eigenvalue weighted by molar-refractivity contribution is 7.15. The van der Waals surface area contributed by atoms with Crippen LogP contribution in [0.2, 0.25) is 10.0 Å². The maximum absolute atomic E-state index is 12.7. The highest BCUT2D eigenvalue weighted by Crippen LogP contribution is 2.28. The van der Waals surface area contributed by atoms with E-state index < -0.39 is 0 Å². The quantitative estimate of drug-likeness (QED) is 0.447. The molecule has 0 amide bonds. The van der Waals surface area contributed by atoms with E-state index in [1.165, 1.54) is 15.9 Å². The summed E-state index contributed by atoms with van der Waals surface area (Å²) in [4.78, 5) is 17.6. The predicted molar refractivity (Wildman–Crippen MR) is 121 cm³/mol. The molecule has 152 valence electrons. The molecule has 0 N–H and O–H groups in total. The third kappa shape index (κ3) is 4.05. The van der Waals surface area contributed by atoms with E-state index in [-0.39, 0.29) is 5.56 Å². The van der Waals surface area contributed by atoms with Crippen molar-refractivity contribution in [3.63, 3.8) is 0 Å². The normalized spacial score (nSPS) is 12.2. The van der Waals surface area contributed by atoms with Crippen LogP contribution in [-0.2, 0) is 0 Å². The molecule has 4 aromatic rings. The van der Waals surface area contributed by atoms with Gasteiger partial charge in [0, 0.05) is 10.0 Å². The Bertz CT molecular complexity index is 1380. The van der Waals surface area contributed by atoms with Crippen LogP contribution in [0.3, 0.4) is 0 Å². The second-order valence-corrected chi connectivity index (χ2v) is 8.05. The molecule has 2 heterocycles. The molecule has 0 fully saturated rings. The molecular formula is C21H15Cl2N3O3S. The Kier molecular flexibility index (Phi) is 5.76. The third-order valence-corrected chi connectivity index (χ3v) is 5.80. The Morgan fingerprint density at radius 1 is 1.03 bits per heavy atom. The molecule has 0 saturated heterocycles. The maximum atomic E-state index is 12.7. The highest BCUT2D eigenvalue weighted by Gasteiger charge is 2.10. The van der Waals surface area contributed by atoms with Gasteiger partial charge in [-0.05, 0) is 47.5 Å². The minimum absolute atomic E-state index is 0.251. The van der Waals surface area contributed by atoms with Crippen molar-refractivity contribution < 1.29 is 9.47 Å². The lowest BCUT2D eigenvalue weighted by atomic mass is 10.2. The minimum atomic E-state index is -0.251. The monoisotopic (exact) mass is 459 g/mol. The van der Waals surface area contributed by atoms with E-state index in [2.05, 4.69) is 10.1 Å². The molecule has 0 aliphatic carbocycles. The minimum Gasteiger partial charge on any atom is -0.493 e. The standard InChI is InChI=1S/C21H15Cl2N3O3S/c1-28-16-7-3-12(9-17(16)29-2)4-8-19-24-21-26(25-19)20(27)18(30-21)10-13-5-6-14(22)11-15(13)23/h3-11H,1-2H3/b8-4+,18-10-.